The van der Waals surface area contributed by atoms with Gasteiger partial charge in [0, 0.05) is 0 Å². The van der Waals surface area contributed by atoms with Crippen molar-refractivity contribution in [1.29, 1.82) is 0 Å². The van der Waals surface area contributed by atoms with Crippen LogP contribution in [0.5, 0.6) is 0 Å². The van der Waals surface area contributed by atoms with Crippen molar-refractivity contribution < 1.29 is 5.11 Å². The predicted molar refractivity (Wildman–Crippen MR) is 61.9 cm³/mol. The van der Waals surface area contributed by atoms with E-state index < -0.39 is 0 Å². The number of hydrogen-bond donors (Lipinski definition) is 1. The summed E-state index contributed by atoms with van der Waals surface area (Å²) < 4.78 is 0. The topological polar surface area (TPSA) is 20.2 Å². The summed E-state index contributed by atoms with van der Waals surface area (Å²) in [7, 11) is 0. The highest BCUT2D eigenvalue weighted by Crippen LogP contribution is 2.43. The van der Waals surface area contributed by atoms with Crippen LogP contribution in [0.1, 0.15) is 36.5 Å². The number of benzene rings is 2. The summed E-state index contributed by atoms with van der Waals surface area (Å²) >= 11 is 0. The highest BCUT2D eigenvalue weighted by atomic mass is 16.3. The van der Waals surface area contributed by atoms with E-state index in [1.54, 1.807) is 0 Å². The predicted octanol–water partition coefficient (Wildman–Crippen LogP) is 3.38. The van der Waals surface area contributed by atoms with Gasteiger partial charge in [0.2, 0.25) is 0 Å². The highest BCUT2D eigenvalue weighted by molar-refractivity contribution is 5.87. The Bertz CT molecular complexity index is 516. The zero-order chi connectivity index (χ0) is 10.4. The molecule has 0 saturated carbocycles. The van der Waals surface area contributed by atoms with Crippen molar-refractivity contribution in [3.05, 3.63) is 47.5 Å². The lowest BCUT2D eigenvalue weighted by atomic mass is 9.98. The molecule has 2 aromatic carbocycles. The van der Waals surface area contributed by atoms with Crippen LogP contribution in [0.2, 0.25) is 0 Å². The second kappa shape index (κ2) is 3.07. The van der Waals surface area contributed by atoms with Gasteiger partial charge in [0.05, 0.1) is 6.10 Å². The molecule has 0 amide bonds. The summed E-state index contributed by atoms with van der Waals surface area (Å²) in [6, 6.07) is 12.6. The molecule has 0 fully saturated rings. The smallest absolute Gasteiger partial charge is 0.0804 e. The Morgan fingerprint density at radius 3 is 2.80 bits per heavy atom. The second-order valence-electron chi connectivity index (χ2n) is 4.44. The molecule has 1 aliphatic carbocycles. The lowest BCUT2D eigenvalue weighted by molar-refractivity contribution is 0.176. The van der Waals surface area contributed by atoms with Gasteiger partial charge in [-0.05, 0) is 34.2 Å². The molecule has 0 aromatic heterocycles. The first-order valence-electron chi connectivity index (χ1n) is 5.47. The van der Waals surface area contributed by atoms with Crippen molar-refractivity contribution in [1.82, 2.24) is 0 Å². The molecule has 1 aliphatic rings. The quantitative estimate of drug-likeness (QED) is 0.688. The summed E-state index contributed by atoms with van der Waals surface area (Å²) in [5.74, 6) is 0.486. The Balaban J connectivity index is 2.39. The van der Waals surface area contributed by atoms with E-state index in [4.69, 9.17) is 0 Å². The van der Waals surface area contributed by atoms with Crippen LogP contribution >= 0.6 is 0 Å². The number of aliphatic hydroxyl groups excluding tert-OH is 1. The van der Waals surface area contributed by atoms with Gasteiger partial charge >= 0.3 is 0 Å². The van der Waals surface area contributed by atoms with Gasteiger partial charge in [-0.25, -0.2) is 0 Å². The van der Waals surface area contributed by atoms with Gasteiger partial charge in [0.1, 0.15) is 0 Å². The van der Waals surface area contributed by atoms with Crippen LogP contribution in [0.25, 0.3) is 10.8 Å². The third kappa shape index (κ3) is 1.20. The molecule has 0 saturated heterocycles. The molecule has 15 heavy (non-hydrogen) atoms. The molecule has 1 nitrogen and oxygen atoms in total. The van der Waals surface area contributed by atoms with Gasteiger partial charge in [0.25, 0.3) is 0 Å². The SMILES string of the molecule is C[C@H]1C[C@@H](O)c2c1ccc1ccccc21. The molecule has 2 atom stereocenters. The van der Waals surface area contributed by atoms with Crippen molar-refractivity contribution >= 4 is 10.8 Å². The summed E-state index contributed by atoms with van der Waals surface area (Å²) in [4.78, 5) is 0. The Kier molecular flexibility index (Phi) is 1.83. The molecule has 0 aliphatic heterocycles. The van der Waals surface area contributed by atoms with Crippen LogP contribution in [-0.2, 0) is 0 Å². The summed E-state index contributed by atoms with van der Waals surface area (Å²) in [6.45, 7) is 2.18. The molecule has 2 aromatic rings. The summed E-state index contributed by atoms with van der Waals surface area (Å²) in [5.41, 5.74) is 2.47. The fourth-order valence-corrected chi connectivity index (χ4v) is 2.69. The summed E-state index contributed by atoms with van der Waals surface area (Å²) in [6.07, 6.45) is 0.588. The minimum atomic E-state index is -0.277. The molecular weight excluding hydrogens is 184 g/mol. The lowest BCUT2D eigenvalue weighted by Crippen LogP contribution is -1.91. The van der Waals surface area contributed by atoms with Gasteiger partial charge in [-0.1, -0.05) is 43.3 Å². The van der Waals surface area contributed by atoms with Crippen molar-refractivity contribution in [3.63, 3.8) is 0 Å². The van der Waals surface area contributed by atoms with E-state index in [2.05, 4.69) is 31.2 Å². The van der Waals surface area contributed by atoms with E-state index in [1.165, 1.54) is 16.3 Å². The zero-order valence-electron chi connectivity index (χ0n) is 8.77. The van der Waals surface area contributed by atoms with E-state index in [0.717, 1.165) is 12.0 Å². The van der Waals surface area contributed by atoms with Crippen molar-refractivity contribution in [2.75, 3.05) is 0 Å². The first kappa shape index (κ1) is 8.93. The first-order chi connectivity index (χ1) is 7.27. The maximum atomic E-state index is 10.0. The van der Waals surface area contributed by atoms with E-state index in [-0.39, 0.29) is 6.10 Å². The molecule has 76 valence electrons. The normalized spacial score (nSPS) is 24.4. The van der Waals surface area contributed by atoms with E-state index in [9.17, 15) is 5.11 Å². The fraction of sp³-hybridized carbons (Fsp3) is 0.286. The molecule has 1 heteroatoms. The Labute approximate surface area is 89.4 Å². The molecule has 1 N–H and O–H groups in total. The average Bonchev–Trinajstić information content (AvgIpc) is 2.55. The second-order valence-corrected chi connectivity index (χ2v) is 4.44. The maximum absolute atomic E-state index is 10.0. The van der Waals surface area contributed by atoms with Gasteiger partial charge in [0.15, 0.2) is 0 Å². The monoisotopic (exact) mass is 198 g/mol. The molecular formula is C14H14O. The maximum Gasteiger partial charge on any atom is 0.0804 e. The number of hydrogen-bond acceptors (Lipinski definition) is 1. The van der Waals surface area contributed by atoms with E-state index >= 15 is 0 Å². The van der Waals surface area contributed by atoms with Gasteiger partial charge in [-0.3, -0.25) is 0 Å². The number of fused-ring (bicyclic) bond motifs is 3. The van der Waals surface area contributed by atoms with Gasteiger partial charge in [-0.2, -0.15) is 0 Å². The molecule has 0 radical (unpaired) electrons. The van der Waals surface area contributed by atoms with Crippen LogP contribution in [-0.4, -0.2) is 5.11 Å². The highest BCUT2D eigenvalue weighted by Gasteiger charge is 2.27. The third-order valence-electron chi connectivity index (χ3n) is 3.45. The van der Waals surface area contributed by atoms with Crippen LogP contribution in [0.15, 0.2) is 36.4 Å². The molecule has 0 bridgehead atoms. The number of aliphatic hydroxyl groups is 1. The summed E-state index contributed by atoms with van der Waals surface area (Å²) in [5, 5.41) is 12.5. The fourth-order valence-electron chi connectivity index (χ4n) is 2.69. The van der Waals surface area contributed by atoms with Crippen molar-refractivity contribution in [2.24, 2.45) is 0 Å². The standard InChI is InChI=1S/C14H14O/c1-9-8-13(15)14-11(9)7-6-10-4-2-3-5-12(10)14/h2-7,9,13,15H,8H2,1H3/t9-,13+/m0/s1. The van der Waals surface area contributed by atoms with Crippen LogP contribution in [0.4, 0.5) is 0 Å². The zero-order valence-corrected chi connectivity index (χ0v) is 8.77. The van der Waals surface area contributed by atoms with Crippen LogP contribution in [0.3, 0.4) is 0 Å². The molecule has 3 rings (SSSR count). The molecule has 0 unspecified atom stereocenters. The van der Waals surface area contributed by atoms with Crippen LogP contribution < -0.4 is 0 Å². The van der Waals surface area contributed by atoms with Gasteiger partial charge < -0.3 is 5.11 Å². The first-order valence-corrected chi connectivity index (χ1v) is 5.47. The lowest BCUT2D eigenvalue weighted by Gasteiger charge is -2.08. The van der Waals surface area contributed by atoms with Crippen molar-refractivity contribution in [3.8, 4) is 0 Å². The third-order valence-corrected chi connectivity index (χ3v) is 3.45. The minimum Gasteiger partial charge on any atom is -0.388 e. The molecule has 0 heterocycles. The largest absolute Gasteiger partial charge is 0.388 e. The average molecular weight is 198 g/mol. The van der Waals surface area contributed by atoms with Crippen LogP contribution in [0, 0.1) is 0 Å². The molecule has 0 spiro atoms. The Morgan fingerprint density at radius 2 is 1.93 bits per heavy atom. The van der Waals surface area contributed by atoms with Crippen molar-refractivity contribution in [2.45, 2.75) is 25.4 Å². The van der Waals surface area contributed by atoms with E-state index in [0.29, 0.717) is 5.92 Å². The Morgan fingerprint density at radius 1 is 1.13 bits per heavy atom. The Hall–Kier alpha value is -1.34. The minimum absolute atomic E-state index is 0.277. The number of rotatable bonds is 0. The van der Waals surface area contributed by atoms with Gasteiger partial charge in [-0.15, -0.1) is 0 Å². The van der Waals surface area contributed by atoms with E-state index in [1.807, 2.05) is 12.1 Å².